The van der Waals surface area contributed by atoms with Crippen molar-refractivity contribution >= 4 is 17.8 Å². The summed E-state index contributed by atoms with van der Waals surface area (Å²) >= 11 is 0. The molecule has 1 heterocycles. The van der Waals surface area contributed by atoms with Gasteiger partial charge in [-0.1, -0.05) is 19.8 Å². The molecule has 6 heteroatoms. The molecule has 2 aliphatic carbocycles. The Labute approximate surface area is 131 Å². The number of hydrogen-bond acceptors (Lipinski definition) is 3. The molecule has 1 spiro atoms. The lowest BCUT2D eigenvalue weighted by molar-refractivity contribution is -0.137. The first-order chi connectivity index (χ1) is 10.4. The topological polar surface area (TPSA) is 78.5 Å². The maximum atomic E-state index is 12.7. The molecule has 22 heavy (non-hydrogen) atoms. The van der Waals surface area contributed by atoms with Gasteiger partial charge in [0.2, 0.25) is 5.91 Å². The van der Waals surface area contributed by atoms with Gasteiger partial charge in [0.05, 0.1) is 0 Å². The molecule has 3 fully saturated rings. The molecule has 1 saturated heterocycles. The highest BCUT2D eigenvalue weighted by atomic mass is 16.2. The van der Waals surface area contributed by atoms with Gasteiger partial charge in [0, 0.05) is 6.04 Å². The van der Waals surface area contributed by atoms with Crippen LogP contribution in [-0.4, -0.2) is 40.9 Å². The average Bonchev–Trinajstić information content (AvgIpc) is 3.28. The molecule has 6 nitrogen and oxygen atoms in total. The van der Waals surface area contributed by atoms with Crippen molar-refractivity contribution in [2.45, 2.75) is 64.0 Å². The van der Waals surface area contributed by atoms with Gasteiger partial charge in [-0.25, -0.2) is 4.79 Å². The summed E-state index contributed by atoms with van der Waals surface area (Å²) in [4.78, 5) is 38.1. The summed E-state index contributed by atoms with van der Waals surface area (Å²) in [5, 5.41) is 5.77. The molecule has 4 amide bonds. The van der Waals surface area contributed by atoms with Crippen molar-refractivity contribution in [3.05, 3.63) is 0 Å². The summed E-state index contributed by atoms with van der Waals surface area (Å²) in [6.07, 6.45) is 5.93. The minimum Gasteiger partial charge on any atom is -0.352 e. The number of nitrogens with one attached hydrogen (secondary N) is 2. The molecule has 0 bridgehead atoms. The zero-order valence-electron chi connectivity index (χ0n) is 13.4. The van der Waals surface area contributed by atoms with Gasteiger partial charge < -0.3 is 10.6 Å². The minimum atomic E-state index is -0.780. The first-order valence-electron chi connectivity index (χ1n) is 8.37. The second-order valence-corrected chi connectivity index (χ2v) is 7.13. The first-order valence-corrected chi connectivity index (χ1v) is 8.37. The Bertz CT molecular complexity index is 503. The molecule has 1 aliphatic heterocycles. The molecule has 3 aliphatic rings. The van der Waals surface area contributed by atoms with Crippen LogP contribution in [0.2, 0.25) is 0 Å². The number of nitrogens with zero attached hydrogens (tertiary/aromatic N) is 1. The van der Waals surface area contributed by atoms with Gasteiger partial charge in [0.25, 0.3) is 5.91 Å². The third-order valence-corrected chi connectivity index (χ3v) is 5.52. The third kappa shape index (κ3) is 2.59. The van der Waals surface area contributed by atoms with E-state index in [0.717, 1.165) is 37.0 Å². The van der Waals surface area contributed by atoms with Crippen molar-refractivity contribution in [1.82, 2.24) is 15.5 Å². The van der Waals surface area contributed by atoms with Crippen LogP contribution < -0.4 is 10.6 Å². The molecule has 0 aromatic rings. The molecular weight excluding hydrogens is 282 g/mol. The Balaban J connectivity index is 1.65. The van der Waals surface area contributed by atoms with Gasteiger partial charge in [0.1, 0.15) is 12.1 Å². The fraction of sp³-hybridized carbons (Fsp3) is 0.812. The normalized spacial score (nSPS) is 33.0. The Morgan fingerprint density at radius 2 is 2.09 bits per heavy atom. The molecule has 122 valence electrons. The maximum absolute atomic E-state index is 12.7. The lowest BCUT2D eigenvalue weighted by Crippen LogP contribution is -2.54. The lowest BCUT2D eigenvalue weighted by Gasteiger charge is -2.36. The molecule has 0 radical (unpaired) electrons. The standard InChI is InChI=1S/C16H25N3O3/c1-10-5-3-4-8-16(10)14(21)19(15(22)18-16)9-13(20)17-11(2)12-6-7-12/h10-12H,3-9H2,1-2H3,(H,17,20)(H,18,22)/t10-,11-,16-/m0/s1. The van der Waals surface area contributed by atoms with Gasteiger partial charge in [0.15, 0.2) is 0 Å². The van der Waals surface area contributed by atoms with E-state index in [1.165, 1.54) is 0 Å². The molecule has 3 atom stereocenters. The number of imide groups is 1. The maximum Gasteiger partial charge on any atom is 0.325 e. The van der Waals surface area contributed by atoms with Gasteiger partial charge >= 0.3 is 6.03 Å². The van der Waals surface area contributed by atoms with Crippen LogP contribution in [-0.2, 0) is 9.59 Å². The molecule has 0 aromatic carbocycles. The van der Waals surface area contributed by atoms with Crippen LogP contribution in [0.15, 0.2) is 0 Å². The predicted molar refractivity (Wildman–Crippen MR) is 80.9 cm³/mol. The second kappa shape index (κ2) is 5.56. The quantitative estimate of drug-likeness (QED) is 0.771. The number of amides is 4. The second-order valence-electron chi connectivity index (χ2n) is 7.13. The summed E-state index contributed by atoms with van der Waals surface area (Å²) in [6.45, 7) is 3.82. The molecular formula is C16H25N3O3. The van der Waals surface area contributed by atoms with E-state index < -0.39 is 11.6 Å². The van der Waals surface area contributed by atoms with Crippen LogP contribution in [0.5, 0.6) is 0 Å². The van der Waals surface area contributed by atoms with E-state index in [4.69, 9.17) is 0 Å². The number of carbonyl (C=O) groups excluding carboxylic acids is 3. The third-order valence-electron chi connectivity index (χ3n) is 5.52. The minimum absolute atomic E-state index is 0.121. The zero-order chi connectivity index (χ0) is 15.9. The van der Waals surface area contributed by atoms with Crippen LogP contribution in [0.4, 0.5) is 4.79 Å². The van der Waals surface area contributed by atoms with E-state index in [1.807, 2.05) is 13.8 Å². The summed E-state index contributed by atoms with van der Waals surface area (Å²) in [5.74, 6) is 0.204. The van der Waals surface area contributed by atoms with Crippen molar-refractivity contribution in [3.63, 3.8) is 0 Å². The van der Waals surface area contributed by atoms with Crippen LogP contribution in [0, 0.1) is 11.8 Å². The van der Waals surface area contributed by atoms with Gasteiger partial charge in [-0.05, 0) is 44.4 Å². The van der Waals surface area contributed by atoms with E-state index in [0.29, 0.717) is 12.3 Å². The van der Waals surface area contributed by atoms with Crippen molar-refractivity contribution < 1.29 is 14.4 Å². The Hall–Kier alpha value is -1.59. The molecule has 2 N–H and O–H groups in total. The van der Waals surface area contributed by atoms with Crippen LogP contribution in [0.3, 0.4) is 0 Å². The van der Waals surface area contributed by atoms with Gasteiger partial charge in [-0.2, -0.15) is 0 Å². The fourth-order valence-corrected chi connectivity index (χ4v) is 3.80. The molecule has 0 aromatic heterocycles. The Kier molecular flexibility index (Phi) is 3.87. The largest absolute Gasteiger partial charge is 0.352 e. The van der Waals surface area contributed by atoms with E-state index in [-0.39, 0.29) is 30.3 Å². The fourth-order valence-electron chi connectivity index (χ4n) is 3.80. The van der Waals surface area contributed by atoms with E-state index in [9.17, 15) is 14.4 Å². The van der Waals surface area contributed by atoms with E-state index in [2.05, 4.69) is 10.6 Å². The van der Waals surface area contributed by atoms with Crippen LogP contribution >= 0.6 is 0 Å². The van der Waals surface area contributed by atoms with Crippen LogP contribution in [0.25, 0.3) is 0 Å². The Morgan fingerprint density at radius 1 is 1.36 bits per heavy atom. The smallest absolute Gasteiger partial charge is 0.325 e. The van der Waals surface area contributed by atoms with Crippen LogP contribution in [0.1, 0.15) is 52.4 Å². The summed E-state index contributed by atoms with van der Waals surface area (Å²) in [5.41, 5.74) is -0.780. The van der Waals surface area contributed by atoms with Gasteiger partial charge in [-0.15, -0.1) is 0 Å². The summed E-state index contributed by atoms with van der Waals surface area (Å²) < 4.78 is 0. The zero-order valence-corrected chi connectivity index (χ0v) is 13.4. The monoisotopic (exact) mass is 307 g/mol. The molecule has 3 rings (SSSR count). The van der Waals surface area contributed by atoms with Crippen molar-refractivity contribution in [2.75, 3.05) is 6.54 Å². The molecule has 2 saturated carbocycles. The van der Waals surface area contributed by atoms with Gasteiger partial charge in [-0.3, -0.25) is 14.5 Å². The molecule has 0 unspecified atom stereocenters. The van der Waals surface area contributed by atoms with E-state index >= 15 is 0 Å². The van der Waals surface area contributed by atoms with E-state index in [1.54, 1.807) is 0 Å². The first kappa shape index (κ1) is 15.3. The predicted octanol–water partition coefficient (Wildman–Crippen LogP) is 1.40. The SMILES string of the molecule is C[C@H](NC(=O)CN1C(=O)N[C@]2(CCCC[C@@H]2C)C1=O)C1CC1. The number of urea groups is 1. The lowest BCUT2D eigenvalue weighted by atomic mass is 9.73. The number of carbonyl (C=O) groups is 3. The summed E-state index contributed by atoms with van der Waals surface area (Å²) in [7, 11) is 0. The van der Waals surface area contributed by atoms with Crippen molar-refractivity contribution in [2.24, 2.45) is 11.8 Å². The number of rotatable bonds is 4. The van der Waals surface area contributed by atoms with Crippen molar-refractivity contribution in [3.8, 4) is 0 Å². The highest BCUT2D eigenvalue weighted by Gasteiger charge is 2.55. The Morgan fingerprint density at radius 3 is 2.73 bits per heavy atom. The summed E-state index contributed by atoms with van der Waals surface area (Å²) in [6, 6.07) is -0.302. The van der Waals surface area contributed by atoms with Crippen molar-refractivity contribution in [1.29, 1.82) is 0 Å². The highest BCUT2D eigenvalue weighted by Crippen LogP contribution is 2.38. The number of hydrogen-bond donors (Lipinski definition) is 2. The highest BCUT2D eigenvalue weighted by molar-refractivity contribution is 6.09. The average molecular weight is 307 g/mol.